The first-order chi connectivity index (χ1) is 9.70. The molecule has 1 aromatic heterocycles. The fourth-order valence-corrected chi connectivity index (χ4v) is 3.01. The number of hydrogen-bond acceptors (Lipinski definition) is 3. The van der Waals surface area contributed by atoms with Crippen molar-refractivity contribution in [1.29, 1.82) is 0 Å². The van der Waals surface area contributed by atoms with Crippen molar-refractivity contribution in [2.24, 2.45) is 17.8 Å². The maximum Gasteiger partial charge on any atom is 0.292 e. The Labute approximate surface area is 123 Å². The zero-order valence-electron chi connectivity index (χ0n) is 11.3. The topological polar surface area (TPSA) is 46.9 Å². The van der Waals surface area contributed by atoms with Gasteiger partial charge >= 0.3 is 0 Å². The molecule has 1 aromatic rings. The second-order valence-electron chi connectivity index (χ2n) is 5.75. The second kappa shape index (κ2) is 5.49. The van der Waals surface area contributed by atoms with Crippen LogP contribution < -0.4 is 10.9 Å². The SMILES string of the molecule is C#CCn1ncc(Cl)c(NCC(C2CC2)C2CC2)c1=O. The molecule has 0 saturated heterocycles. The number of nitrogens with zero attached hydrogens (tertiary/aromatic N) is 2. The fraction of sp³-hybridized carbons (Fsp3) is 0.600. The molecular weight excluding hydrogens is 274 g/mol. The molecule has 0 bridgehead atoms. The second-order valence-corrected chi connectivity index (χ2v) is 6.16. The highest BCUT2D eigenvalue weighted by atomic mass is 35.5. The molecule has 2 fully saturated rings. The van der Waals surface area contributed by atoms with E-state index in [1.165, 1.54) is 36.6 Å². The zero-order chi connectivity index (χ0) is 14.1. The van der Waals surface area contributed by atoms with E-state index in [0.717, 1.165) is 18.4 Å². The number of nitrogens with one attached hydrogen (secondary N) is 1. The predicted molar refractivity (Wildman–Crippen MR) is 79.8 cm³/mol. The molecule has 2 aliphatic rings. The first kappa shape index (κ1) is 13.5. The highest BCUT2D eigenvalue weighted by Gasteiger charge is 2.41. The van der Waals surface area contributed by atoms with Crippen LogP contribution in [0.15, 0.2) is 11.0 Å². The highest BCUT2D eigenvalue weighted by molar-refractivity contribution is 6.32. The van der Waals surface area contributed by atoms with Crippen molar-refractivity contribution < 1.29 is 0 Å². The first-order valence-corrected chi connectivity index (χ1v) is 7.51. The van der Waals surface area contributed by atoms with Crippen LogP contribution >= 0.6 is 11.6 Å². The molecule has 5 heteroatoms. The average Bonchev–Trinajstić information content (AvgIpc) is 3.29. The molecule has 1 N–H and O–H groups in total. The fourth-order valence-electron chi connectivity index (χ4n) is 2.81. The minimum absolute atomic E-state index is 0.166. The van der Waals surface area contributed by atoms with Gasteiger partial charge in [-0.05, 0) is 43.4 Å². The van der Waals surface area contributed by atoms with E-state index in [2.05, 4.69) is 16.3 Å². The summed E-state index contributed by atoms with van der Waals surface area (Å²) in [6.45, 7) is 0.990. The van der Waals surface area contributed by atoms with Gasteiger partial charge in [-0.25, -0.2) is 4.68 Å². The number of rotatable bonds is 6. The summed E-state index contributed by atoms with van der Waals surface area (Å²) in [6.07, 6.45) is 12.0. The Kier molecular flexibility index (Phi) is 3.71. The van der Waals surface area contributed by atoms with Crippen LogP contribution in [0.5, 0.6) is 0 Å². The summed E-state index contributed by atoms with van der Waals surface area (Å²) in [5, 5.41) is 7.56. The Morgan fingerprint density at radius 3 is 2.65 bits per heavy atom. The minimum Gasteiger partial charge on any atom is -0.379 e. The lowest BCUT2D eigenvalue weighted by atomic mass is 9.98. The van der Waals surface area contributed by atoms with Crippen molar-refractivity contribution >= 4 is 17.3 Å². The Hall–Kier alpha value is -1.47. The Morgan fingerprint density at radius 1 is 1.45 bits per heavy atom. The number of hydrogen-bond donors (Lipinski definition) is 1. The number of halogens is 1. The maximum atomic E-state index is 12.2. The quantitative estimate of drug-likeness (QED) is 0.819. The third-order valence-electron chi connectivity index (χ3n) is 4.21. The normalized spacial score (nSPS) is 18.1. The van der Waals surface area contributed by atoms with Gasteiger partial charge in [-0.3, -0.25) is 4.79 Å². The number of anilines is 1. The third kappa shape index (κ3) is 2.83. The molecule has 106 valence electrons. The number of aromatic nitrogens is 2. The molecule has 0 aromatic carbocycles. The molecule has 2 aliphatic carbocycles. The minimum atomic E-state index is -0.235. The Balaban J connectivity index is 1.74. The monoisotopic (exact) mass is 291 g/mol. The summed E-state index contributed by atoms with van der Waals surface area (Å²) >= 11 is 6.09. The van der Waals surface area contributed by atoms with Crippen LogP contribution in [-0.2, 0) is 6.54 Å². The van der Waals surface area contributed by atoms with Gasteiger partial charge in [0.1, 0.15) is 12.2 Å². The van der Waals surface area contributed by atoms with E-state index in [1.807, 2.05) is 0 Å². The molecule has 1 heterocycles. The highest BCUT2D eigenvalue weighted by Crippen LogP contribution is 2.49. The standard InChI is InChI=1S/C15H18ClN3O/c1-2-7-19-15(20)14(13(16)9-18-19)17-8-12(10-3-4-10)11-5-6-11/h1,9-12,17H,3-8H2. The number of terminal acetylenes is 1. The van der Waals surface area contributed by atoms with Crippen molar-refractivity contribution in [2.75, 3.05) is 11.9 Å². The van der Waals surface area contributed by atoms with Gasteiger partial charge < -0.3 is 5.32 Å². The van der Waals surface area contributed by atoms with Gasteiger partial charge in [0, 0.05) is 6.54 Å². The summed E-state index contributed by atoms with van der Waals surface area (Å²) < 4.78 is 1.26. The van der Waals surface area contributed by atoms with Crippen molar-refractivity contribution in [3.05, 3.63) is 21.6 Å². The molecular formula is C15H18ClN3O. The lowest BCUT2D eigenvalue weighted by Crippen LogP contribution is -2.28. The van der Waals surface area contributed by atoms with Gasteiger partial charge in [0.15, 0.2) is 0 Å². The first-order valence-electron chi connectivity index (χ1n) is 7.13. The van der Waals surface area contributed by atoms with Crippen LogP contribution in [0, 0.1) is 30.1 Å². The van der Waals surface area contributed by atoms with Gasteiger partial charge in [-0.2, -0.15) is 5.10 Å². The molecule has 20 heavy (non-hydrogen) atoms. The van der Waals surface area contributed by atoms with Crippen molar-refractivity contribution in [1.82, 2.24) is 9.78 Å². The zero-order valence-corrected chi connectivity index (χ0v) is 12.1. The van der Waals surface area contributed by atoms with Crippen LogP contribution in [-0.4, -0.2) is 16.3 Å². The molecule has 4 nitrogen and oxygen atoms in total. The molecule has 0 amide bonds. The summed E-state index contributed by atoms with van der Waals surface area (Å²) in [6, 6.07) is 0. The van der Waals surface area contributed by atoms with Crippen molar-refractivity contribution in [2.45, 2.75) is 32.2 Å². The summed E-state index contributed by atoms with van der Waals surface area (Å²) in [4.78, 5) is 12.2. The largest absolute Gasteiger partial charge is 0.379 e. The lowest BCUT2D eigenvalue weighted by Gasteiger charge is -2.17. The van der Waals surface area contributed by atoms with E-state index in [0.29, 0.717) is 16.6 Å². The molecule has 0 spiro atoms. The van der Waals surface area contributed by atoms with Gasteiger partial charge in [-0.1, -0.05) is 17.5 Å². The van der Waals surface area contributed by atoms with E-state index < -0.39 is 0 Å². The van der Waals surface area contributed by atoms with Gasteiger partial charge in [-0.15, -0.1) is 6.42 Å². The molecule has 3 rings (SSSR count). The smallest absolute Gasteiger partial charge is 0.292 e. The van der Waals surface area contributed by atoms with E-state index in [9.17, 15) is 4.79 Å². The van der Waals surface area contributed by atoms with Crippen molar-refractivity contribution in [3.63, 3.8) is 0 Å². The van der Waals surface area contributed by atoms with Crippen molar-refractivity contribution in [3.8, 4) is 12.3 Å². The van der Waals surface area contributed by atoms with Gasteiger partial charge in [0.05, 0.1) is 11.2 Å². The van der Waals surface area contributed by atoms with Gasteiger partial charge in [0.2, 0.25) is 0 Å². The van der Waals surface area contributed by atoms with Crippen LogP contribution in [0.2, 0.25) is 5.02 Å². The summed E-state index contributed by atoms with van der Waals surface area (Å²) in [5.74, 6) is 4.78. The Bertz CT molecular complexity index is 584. The van der Waals surface area contributed by atoms with E-state index in [4.69, 9.17) is 18.0 Å². The van der Waals surface area contributed by atoms with Crippen LogP contribution in [0.25, 0.3) is 0 Å². The molecule has 0 atom stereocenters. The third-order valence-corrected chi connectivity index (χ3v) is 4.49. The van der Waals surface area contributed by atoms with Gasteiger partial charge in [0.25, 0.3) is 5.56 Å². The van der Waals surface area contributed by atoms with Crippen LogP contribution in [0.3, 0.4) is 0 Å². The average molecular weight is 292 g/mol. The summed E-state index contributed by atoms with van der Waals surface area (Å²) in [7, 11) is 0. The van der Waals surface area contributed by atoms with Crippen LogP contribution in [0.1, 0.15) is 25.7 Å². The molecule has 2 saturated carbocycles. The molecule has 0 aliphatic heterocycles. The molecule has 0 unspecified atom stereocenters. The maximum absolute atomic E-state index is 12.2. The van der Waals surface area contributed by atoms with E-state index >= 15 is 0 Å². The lowest BCUT2D eigenvalue weighted by molar-refractivity contribution is 0.428. The van der Waals surface area contributed by atoms with E-state index in [-0.39, 0.29) is 12.1 Å². The van der Waals surface area contributed by atoms with Crippen LogP contribution in [0.4, 0.5) is 5.69 Å². The Morgan fingerprint density at radius 2 is 2.10 bits per heavy atom. The summed E-state index contributed by atoms with van der Waals surface area (Å²) in [5.41, 5.74) is 0.198. The van der Waals surface area contributed by atoms with E-state index in [1.54, 1.807) is 0 Å². The molecule has 0 radical (unpaired) electrons. The predicted octanol–water partition coefficient (Wildman–Crippen LogP) is 2.38.